The Balaban J connectivity index is 4.93. The normalized spacial score (nSPS) is 13.4. The lowest BCUT2D eigenvalue weighted by molar-refractivity contribution is -0.143. The van der Waals surface area contributed by atoms with Gasteiger partial charge in [-0.1, -0.05) is 58.0 Å². The number of alkyl halides is 2. The van der Waals surface area contributed by atoms with Gasteiger partial charge in [0.05, 0.1) is 12.1 Å². The van der Waals surface area contributed by atoms with Gasteiger partial charge >= 0.3 is 5.97 Å². The molecule has 0 rings (SSSR count). The fourth-order valence-corrected chi connectivity index (χ4v) is 1.36. The van der Waals surface area contributed by atoms with Crippen molar-refractivity contribution in [1.29, 1.82) is 0 Å². The minimum atomic E-state index is -2.25. The lowest BCUT2D eigenvalue weighted by Gasteiger charge is -2.22. The number of rotatable bonds is 3. The summed E-state index contributed by atoms with van der Waals surface area (Å²) in [6, 6.07) is 0. The van der Waals surface area contributed by atoms with E-state index < -0.39 is 25.9 Å². The van der Waals surface area contributed by atoms with Gasteiger partial charge in [0.25, 0.3) is 0 Å². The molecule has 8 heteroatoms. The van der Waals surface area contributed by atoms with Crippen molar-refractivity contribution >= 4 is 64.0 Å². The van der Waals surface area contributed by atoms with E-state index in [9.17, 15) is 9.90 Å². The lowest BCUT2D eigenvalue weighted by Crippen LogP contribution is -2.40. The van der Waals surface area contributed by atoms with Crippen molar-refractivity contribution in [3.63, 3.8) is 0 Å². The van der Waals surface area contributed by atoms with Crippen LogP contribution in [0.3, 0.4) is 0 Å². The molecule has 0 spiro atoms. The Morgan fingerprint density at radius 1 is 1.36 bits per heavy atom. The topological polar surface area (TPSA) is 46.5 Å². The second kappa shape index (κ2) is 5.64. The molecule has 0 fully saturated rings. The first-order valence-corrected chi connectivity index (χ1v) is 4.99. The van der Waals surface area contributed by atoms with Crippen molar-refractivity contribution in [2.24, 2.45) is 0 Å². The molecule has 0 bridgehead atoms. The van der Waals surface area contributed by atoms with E-state index in [4.69, 9.17) is 58.0 Å². The van der Waals surface area contributed by atoms with Gasteiger partial charge in [0.1, 0.15) is 10.6 Å². The molecule has 1 unspecified atom stereocenters. The Morgan fingerprint density at radius 3 is 2.07 bits per heavy atom. The van der Waals surface area contributed by atoms with Gasteiger partial charge in [0.15, 0.2) is 0 Å². The highest BCUT2D eigenvalue weighted by Gasteiger charge is 2.45. The van der Waals surface area contributed by atoms with Gasteiger partial charge in [-0.15, -0.1) is 0 Å². The van der Waals surface area contributed by atoms with E-state index in [-0.39, 0.29) is 0 Å². The number of carbonyl (C=O) groups excluding carboxylic acids is 1. The fraction of sp³-hybridized carbons (Fsp3) is 0.500. The minimum Gasteiger partial charge on any atom is -0.467 e. The summed E-state index contributed by atoms with van der Waals surface area (Å²) in [7, 11) is 1.05. The first kappa shape index (κ1) is 14.6. The Kier molecular flexibility index (Phi) is 5.88. The largest absolute Gasteiger partial charge is 0.467 e. The highest BCUT2D eigenvalue weighted by molar-refractivity contribution is 6.61. The average molecular weight is 302 g/mol. The molecule has 0 saturated carbocycles. The maximum atomic E-state index is 11.0. The van der Waals surface area contributed by atoms with Gasteiger partial charge in [-0.05, 0) is 0 Å². The van der Waals surface area contributed by atoms with Gasteiger partial charge in [-0.3, -0.25) is 0 Å². The third kappa shape index (κ3) is 3.33. The van der Waals surface area contributed by atoms with Crippen LogP contribution in [0.5, 0.6) is 0 Å². The Hall–Kier alpha value is 0.620. The second-order valence-corrected chi connectivity index (χ2v) is 4.87. The number of halogens is 5. The van der Waals surface area contributed by atoms with Crippen molar-refractivity contribution in [1.82, 2.24) is 0 Å². The molecule has 14 heavy (non-hydrogen) atoms. The molecule has 0 aromatic heterocycles. The highest BCUT2D eigenvalue weighted by atomic mass is 35.5. The van der Waals surface area contributed by atoms with Crippen LogP contribution in [0, 0.1) is 0 Å². The molecule has 0 aliphatic carbocycles. The van der Waals surface area contributed by atoms with Crippen molar-refractivity contribution in [2.75, 3.05) is 7.11 Å². The number of hydrogen-bond acceptors (Lipinski definition) is 3. The summed E-state index contributed by atoms with van der Waals surface area (Å²) in [4.78, 5) is 11.0. The maximum Gasteiger partial charge on any atom is 0.345 e. The maximum absolute atomic E-state index is 11.0. The molecule has 1 atom stereocenters. The fourth-order valence-electron chi connectivity index (χ4n) is 0.510. The zero-order valence-electron chi connectivity index (χ0n) is 6.73. The SMILES string of the molecule is COC(=O)C(Cl)(Cl)C(O)C(Cl)=C(Cl)Cl. The van der Waals surface area contributed by atoms with Crippen LogP contribution in [-0.2, 0) is 9.53 Å². The first-order chi connectivity index (χ1) is 6.25. The van der Waals surface area contributed by atoms with E-state index in [0.29, 0.717) is 0 Å². The summed E-state index contributed by atoms with van der Waals surface area (Å²) < 4.78 is 1.55. The number of esters is 1. The first-order valence-electron chi connectivity index (χ1n) is 3.10. The van der Waals surface area contributed by atoms with Crippen molar-refractivity contribution < 1.29 is 14.6 Å². The zero-order valence-corrected chi connectivity index (χ0v) is 10.5. The number of hydrogen-bond donors (Lipinski definition) is 1. The van der Waals surface area contributed by atoms with Gasteiger partial charge in [-0.25, -0.2) is 4.79 Å². The molecular weight excluding hydrogens is 297 g/mol. The summed E-state index contributed by atoms with van der Waals surface area (Å²) in [5.41, 5.74) is 0. The van der Waals surface area contributed by atoms with Gasteiger partial charge in [-0.2, -0.15) is 0 Å². The summed E-state index contributed by atoms with van der Waals surface area (Å²) in [5.74, 6) is -1.07. The molecule has 82 valence electrons. The van der Waals surface area contributed by atoms with Crippen LogP contribution in [0.4, 0.5) is 0 Å². The van der Waals surface area contributed by atoms with E-state index in [2.05, 4.69) is 4.74 Å². The van der Waals surface area contributed by atoms with E-state index in [1.165, 1.54) is 0 Å². The minimum absolute atomic E-state index is 0.436. The van der Waals surface area contributed by atoms with Crippen LogP contribution < -0.4 is 0 Å². The van der Waals surface area contributed by atoms with Crippen LogP contribution in [0.2, 0.25) is 0 Å². The molecule has 1 N–H and O–H groups in total. The van der Waals surface area contributed by atoms with E-state index in [1.54, 1.807) is 0 Å². The Morgan fingerprint density at radius 2 is 1.79 bits per heavy atom. The molecule has 0 aliphatic rings. The predicted molar refractivity (Wildman–Crippen MR) is 57.0 cm³/mol. The van der Waals surface area contributed by atoms with Crippen LogP contribution in [0.1, 0.15) is 0 Å². The summed E-state index contributed by atoms with van der Waals surface area (Å²) in [5, 5.41) is 8.95. The van der Waals surface area contributed by atoms with E-state index in [1.807, 2.05) is 0 Å². The zero-order chi connectivity index (χ0) is 11.5. The average Bonchev–Trinajstić information content (AvgIpc) is 2.13. The number of carbonyl (C=O) groups is 1. The number of ether oxygens (including phenoxy) is 1. The molecule has 0 radical (unpaired) electrons. The van der Waals surface area contributed by atoms with Crippen LogP contribution >= 0.6 is 58.0 Å². The summed E-state index contributed by atoms with van der Waals surface area (Å²) in [6.45, 7) is 0. The molecule has 0 aromatic carbocycles. The third-order valence-corrected chi connectivity index (χ3v) is 2.94. The third-order valence-electron chi connectivity index (χ3n) is 1.22. The molecule has 0 aliphatic heterocycles. The molecular formula is C6H5Cl5O3. The molecule has 0 saturated heterocycles. The number of aliphatic hydroxyl groups excluding tert-OH is 1. The van der Waals surface area contributed by atoms with Crippen molar-refractivity contribution in [3.05, 3.63) is 9.52 Å². The Bertz CT molecular complexity index is 258. The predicted octanol–water partition coefficient (Wildman–Crippen LogP) is 2.58. The number of methoxy groups -OCH3 is 1. The van der Waals surface area contributed by atoms with Crippen molar-refractivity contribution in [2.45, 2.75) is 10.4 Å². The van der Waals surface area contributed by atoms with Gasteiger partial charge in [0.2, 0.25) is 4.33 Å². The monoisotopic (exact) mass is 300 g/mol. The smallest absolute Gasteiger partial charge is 0.345 e. The van der Waals surface area contributed by atoms with Gasteiger partial charge < -0.3 is 9.84 Å². The number of aliphatic hydroxyl groups is 1. The van der Waals surface area contributed by atoms with Crippen molar-refractivity contribution in [3.8, 4) is 0 Å². The van der Waals surface area contributed by atoms with Crippen LogP contribution in [-0.4, -0.2) is 28.6 Å². The molecule has 0 amide bonds. The second-order valence-electron chi connectivity index (χ2n) is 2.13. The van der Waals surface area contributed by atoms with E-state index >= 15 is 0 Å². The molecule has 0 heterocycles. The van der Waals surface area contributed by atoms with Gasteiger partial charge in [0, 0.05) is 0 Å². The summed E-state index contributed by atoms with van der Waals surface area (Å²) >= 11 is 26.9. The Labute approximate surface area is 105 Å². The van der Waals surface area contributed by atoms with Crippen LogP contribution in [0.25, 0.3) is 0 Å². The highest BCUT2D eigenvalue weighted by Crippen LogP contribution is 2.35. The summed E-state index contributed by atoms with van der Waals surface area (Å²) in [6.07, 6.45) is -1.76. The van der Waals surface area contributed by atoms with Crippen LogP contribution in [0.15, 0.2) is 9.52 Å². The standard InChI is InChI=1S/C6H5Cl5O3/c1-14-5(13)6(10,11)3(12)2(7)4(8)9/h3,12H,1H3. The quantitative estimate of drug-likeness (QED) is 0.644. The van der Waals surface area contributed by atoms with E-state index in [0.717, 1.165) is 7.11 Å². The molecule has 3 nitrogen and oxygen atoms in total. The molecule has 0 aromatic rings. The lowest BCUT2D eigenvalue weighted by atomic mass is 10.2.